The average molecular weight is 305 g/mol. The molecule has 0 atom stereocenters. The number of halogens is 1. The first kappa shape index (κ1) is 15.6. The van der Waals surface area contributed by atoms with Crippen molar-refractivity contribution in [1.29, 1.82) is 0 Å². The number of rotatable bonds is 3. The van der Waals surface area contributed by atoms with Crippen molar-refractivity contribution in [2.24, 2.45) is 14.1 Å². The van der Waals surface area contributed by atoms with E-state index >= 15 is 0 Å². The molecule has 7 heteroatoms. The van der Waals surface area contributed by atoms with Crippen molar-refractivity contribution >= 4 is 11.4 Å². The van der Waals surface area contributed by atoms with Crippen LogP contribution < -0.4 is 16.6 Å². The summed E-state index contributed by atoms with van der Waals surface area (Å²) in [5, 5.41) is 13.0. The van der Waals surface area contributed by atoms with E-state index in [1.807, 2.05) is 0 Å². The molecule has 0 saturated heterocycles. The first-order chi connectivity index (χ1) is 10.4. The van der Waals surface area contributed by atoms with Gasteiger partial charge >= 0.3 is 5.69 Å². The number of nitrogens with zero attached hydrogens (tertiary/aromatic N) is 2. The van der Waals surface area contributed by atoms with Crippen LogP contribution in [0.3, 0.4) is 0 Å². The average Bonchev–Trinajstić information content (AvgIpc) is 2.50. The second kappa shape index (κ2) is 5.88. The quantitative estimate of drug-likeness (QED) is 0.899. The first-order valence-electron chi connectivity index (χ1n) is 6.55. The van der Waals surface area contributed by atoms with Gasteiger partial charge in [-0.05, 0) is 25.1 Å². The van der Waals surface area contributed by atoms with E-state index in [0.717, 1.165) is 9.13 Å². The Morgan fingerprint density at radius 3 is 2.55 bits per heavy atom. The summed E-state index contributed by atoms with van der Waals surface area (Å²) in [6.07, 6.45) is 1.56. The third kappa shape index (κ3) is 2.65. The Labute approximate surface area is 125 Å². The lowest BCUT2D eigenvalue weighted by Gasteiger charge is -2.14. The number of hydrogen-bond donors (Lipinski definition) is 2. The highest BCUT2D eigenvalue weighted by molar-refractivity contribution is 5.78. The van der Waals surface area contributed by atoms with E-state index in [1.54, 1.807) is 19.1 Å². The number of allylic oxidation sites excluding steroid dienone is 1. The van der Waals surface area contributed by atoms with E-state index in [-0.39, 0.29) is 11.3 Å². The molecule has 0 bridgehead atoms. The van der Waals surface area contributed by atoms with Crippen LogP contribution in [-0.2, 0) is 14.1 Å². The van der Waals surface area contributed by atoms with Gasteiger partial charge in [0.05, 0.1) is 5.70 Å². The molecular formula is C15H16FN3O3. The number of nitrogens with one attached hydrogen (secondary N) is 1. The molecule has 1 aromatic heterocycles. The number of hydrogen-bond acceptors (Lipinski definition) is 4. The van der Waals surface area contributed by atoms with Gasteiger partial charge in [0, 0.05) is 19.8 Å². The van der Waals surface area contributed by atoms with Crippen molar-refractivity contribution in [1.82, 2.24) is 9.13 Å². The van der Waals surface area contributed by atoms with Gasteiger partial charge in [0.15, 0.2) is 0 Å². The number of aromatic nitrogens is 2. The maximum absolute atomic E-state index is 13.2. The first-order valence-corrected chi connectivity index (χ1v) is 6.55. The summed E-state index contributed by atoms with van der Waals surface area (Å²) in [5.74, 6) is -0.886. The lowest BCUT2D eigenvalue weighted by molar-refractivity contribution is 0.409. The molecule has 0 unspecified atom stereocenters. The Kier molecular flexibility index (Phi) is 4.16. The van der Waals surface area contributed by atoms with E-state index in [1.165, 1.54) is 32.3 Å². The molecule has 0 saturated carbocycles. The normalized spacial score (nSPS) is 11.5. The largest absolute Gasteiger partial charge is 0.494 e. The molecule has 0 aliphatic carbocycles. The van der Waals surface area contributed by atoms with Crippen LogP contribution in [0.4, 0.5) is 10.1 Å². The highest BCUT2D eigenvalue weighted by atomic mass is 19.1. The van der Waals surface area contributed by atoms with Crippen LogP contribution in [0.5, 0.6) is 5.88 Å². The minimum absolute atomic E-state index is 0.0589. The van der Waals surface area contributed by atoms with Crippen molar-refractivity contribution in [2.45, 2.75) is 6.92 Å². The third-order valence-electron chi connectivity index (χ3n) is 3.30. The smallest absolute Gasteiger partial charge is 0.333 e. The van der Waals surface area contributed by atoms with Gasteiger partial charge in [-0.25, -0.2) is 9.18 Å². The lowest BCUT2D eigenvalue weighted by atomic mass is 10.2. The number of aromatic hydroxyl groups is 1. The van der Waals surface area contributed by atoms with Crippen molar-refractivity contribution in [3.05, 3.63) is 62.6 Å². The van der Waals surface area contributed by atoms with Gasteiger partial charge in [-0.2, -0.15) is 0 Å². The second-order valence-electron chi connectivity index (χ2n) is 4.74. The molecule has 0 radical (unpaired) electrons. The van der Waals surface area contributed by atoms with Gasteiger partial charge in [0.25, 0.3) is 5.56 Å². The molecular weight excluding hydrogens is 289 g/mol. The second-order valence-corrected chi connectivity index (χ2v) is 4.74. The molecule has 22 heavy (non-hydrogen) atoms. The fourth-order valence-corrected chi connectivity index (χ4v) is 2.07. The zero-order valence-corrected chi connectivity index (χ0v) is 12.4. The minimum atomic E-state index is -0.641. The summed E-state index contributed by atoms with van der Waals surface area (Å²) in [4.78, 5) is 24.0. The fourth-order valence-electron chi connectivity index (χ4n) is 2.07. The summed E-state index contributed by atoms with van der Waals surface area (Å²) >= 11 is 0. The monoisotopic (exact) mass is 305 g/mol. The van der Waals surface area contributed by atoms with Gasteiger partial charge in [-0.1, -0.05) is 12.1 Å². The van der Waals surface area contributed by atoms with E-state index in [2.05, 4.69) is 5.32 Å². The van der Waals surface area contributed by atoms with Crippen LogP contribution in [0.1, 0.15) is 12.5 Å². The van der Waals surface area contributed by atoms with Gasteiger partial charge in [0.2, 0.25) is 5.88 Å². The van der Waals surface area contributed by atoms with Crippen molar-refractivity contribution in [3.63, 3.8) is 0 Å². The number of benzene rings is 1. The Balaban J connectivity index is 2.59. The van der Waals surface area contributed by atoms with Crippen LogP contribution >= 0.6 is 0 Å². The highest BCUT2D eigenvalue weighted by Gasteiger charge is 2.18. The topological polar surface area (TPSA) is 76.3 Å². The van der Waals surface area contributed by atoms with Gasteiger partial charge in [0.1, 0.15) is 11.4 Å². The molecule has 1 heterocycles. The zero-order valence-electron chi connectivity index (χ0n) is 12.4. The maximum Gasteiger partial charge on any atom is 0.333 e. The fraction of sp³-hybridized carbons (Fsp3) is 0.200. The summed E-state index contributed by atoms with van der Waals surface area (Å²) in [6.45, 7) is 1.66. The molecule has 1 aromatic carbocycles. The Bertz CT molecular complexity index is 865. The summed E-state index contributed by atoms with van der Waals surface area (Å²) < 4.78 is 15.1. The van der Waals surface area contributed by atoms with E-state index < -0.39 is 22.9 Å². The molecule has 2 rings (SSSR count). The van der Waals surface area contributed by atoms with E-state index in [0.29, 0.717) is 5.69 Å². The summed E-state index contributed by atoms with van der Waals surface area (Å²) in [6, 6.07) is 5.69. The molecule has 0 aliphatic heterocycles. The molecule has 0 fully saturated rings. The van der Waals surface area contributed by atoms with Crippen molar-refractivity contribution in [3.8, 4) is 5.88 Å². The van der Waals surface area contributed by atoms with Crippen LogP contribution in [0.15, 0.2) is 39.9 Å². The van der Waals surface area contributed by atoms with Crippen molar-refractivity contribution < 1.29 is 9.50 Å². The molecule has 6 nitrogen and oxygen atoms in total. The molecule has 0 spiro atoms. The van der Waals surface area contributed by atoms with Crippen LogP contribution in [0.25, 0.3) is 5.70 Å². The molecule has 2 N–H and O–H groups in total. The van der Waals surface area contributed by atoms with Gasteiger partial charge in [-0.3, -0.25) is 13.9 Å². The Morgan fingerprint density at radius 2 is 1.95 bits per heavy atom. The van der Waals surface area contributed by atoms with Gasteiger partial charge < -0.3 is 10.4 Å². The minimum Gasteiger partial charge on any atom is -0.494 e. The lowest BCUT2D eigenvalue weighted by Crippen LogP contribution is -2.39. The predicted molar refractivity (Wildman–Crippen MR) is 82.3 cm³/mol. The zero-order chi connectivity index (χ0) is 16.4. The third-order valence-corrected chi connectivity index (χ3v) is 3.30. The van der Waals surface area contributed by atoms with Gasteiger partial charge in [-0.15, -0.1) is 0 Å². The standard InChI is InChI=1S/C15H16FN3O3/c1-4-11(17-10-7-5-6-9(16)8-10)12-13(20)18(2)15(22)19(3)14(12)21/h4-8,17,20H,1-3H3/b11-4+. The molecule has 0 aliphatic rings. The van der Waals surface area contributed by atoms with Crippen LogP contribution in [0.2, 0.25) is 0 Å². The SMILES string of the molecule is C/C=C(/Nc1cccc(F)c1)c1c(O)n(C)c(=O)n(C)c1=O. The van der Waals surface area contributed by atoms with Crippen LogP contribution in [-0.4, -0.2) is 14.2 Å². The number of anilines is 1. The predicted octanol–water partition coefficient (Wildman–Crippen LogP) is 1.40. The van der Waals surface area contributed by atoms with Crippen LogP contribution in [0, 0.1) is 5.82 Å². The molecule has 116 valence electrons. The van der Waals surface area contributed by atoms with E-state index in [4.69, 9.17) is 0 Å². The Hall–Kier alpha value is -2.83. The van der Waals surface area contributed by atoms with Crippen molar-refractivity contribution in [2.75, 3.05) is 5.32 Å². The molecule has 2 aromatic rings. The Morgan fingerprint density at radius 1 is 1.27 bits per heavy atom. The van der Waals surface area contributed by atoms with E-state index in [9.17, 15) is 19.1 Å². The summed E-state index contributed by atoms with van der Waals surface area (Å²) in [7, 11) is 2.68. The summed E-state index contributed by atoms with van der Waals surface area (Å²) in [5.41, 5.74) is -0.635. The maximum atomic E-state index is 13.2. The highest BCUT2D eigenvalue weighted by Crippen LogP contribution is 2.22. The molecule has 0 amide bonds.